The van der Waals surface area contributed by atoms with Crippen LogP contribution in [0.25, 0.3) is 5.69 Å². The number of rotatable bonds is 3. The van der Waals surface area contributed by atoms with Gasteiger partial charge in [-0.3, -0.25) is 4.79 Å². The maximum atomic E-state index is 13.2. The molecule has 1 fully saturated rings. The van der Waals surface area contributed by atoms with E-state index < -0.39 is 0 Å². The van der Waals surface area contributed by atoms with Crippen molar-refractivity contribution >= 4 is 5.91 Å². The number of amides is 1. The van der Waals surface area contributed by atoms with Gasteiger partial charge in [0.25, 0.3) is 5.91 Å². The minimum absolute atomic E-state index is 0.105. The molecule has 1 aliphatic rings. The molecule has 0 radical (unpaired) electrons. The molecule has 3 aromatic rings. The maximum Gasteiger partial charge on any atom is 0.255 e. The van der Waals surface area contributed by atoms with Gasteiger partial charge in [-0.1, -0.05) is 11.6 Å². The van der Waals surface area contributed by atoms with Crippen LogP contribution in [-0.4, -0.2) is 43.2 Å². The van der Waals surface area contributed by atoms with E-state index in [2.05, 4.69) is 10.2 Å². The van der Waals surface area contributed by atoms with E-state index in [1.807, 2.05) is 70.7 Å². The molecule has 4 rings (SSSR count). The summed E-state index contributed by atoms with van der Waals surface area (Å²) in [4.78, 5) is 15.2. The molecular weight excluding hydrogens is 326 g/mol. The van der Waals surface area contributed by atoms with Gasteiger partial charge < -0.3 is 14.0 Å². The summed E-state index contributed by atoms with van der Waals surface area (Å²) in [6.07, 6.45) is 7.53. The molecule has 26 heavy (non-hydrogen) atoms. The van der Waals surface area contributed by atoms with E-state index in [0.29, 0.717) is 5.92 Å². The highest BCUT2D eigenvalue weighted by atomic mass is 16.2. The molecule has 6 heteroatoms. The minimum Gasteiger partial charge on any atom is -0.339 e. The lowest BCUT2D eigenvalue weighted by Crippen LogP contribution is -2.38. The van der Waals surface area contributed by atoms with Crippen molar-refractivity contribution in [1.29, 1.82) is 0 Å². The Kier molecular flexibility index (Phi) is 4.32. The third-order valence-electron chi connectivity index (χ3n) is 5.16. The summed E-state index contributed by atoms with van der Waals surface area (Å²) in [5.41, 5.74) is 2.79. The maximum absolute atomic E-state index is 13.2. The van der Waals surface area contributed by atoms with Crippen LogP contribution >= 0.6 is 0 Å². The molecule has 2 aromatic heterocycles. The zero-order valence-corrected chi connectivity index (χ0v) is 15.2. The van der Waals surface area contributed by atoms with Gasteiger partial charge in [0.2, 0.25) is 0 Å². The van der Waals surface area contributed by atoms with Gasteiger partial charge in [-0.2, -0.15) is 0 Å². The number of hydrogen-bond donors (Lipinski definition) is 0. The zero-order chi connectivity index (χ0) is 18.1. The number of carbonyl (C=O) groups excluding carboxylic acids is 1. The number of aromatic nitrogens is 4. The third-order valence-corrected chi connectivity index (χ3v) is 5.16. The first kappa shape index (κ1) is 16.6. The van der Waals surface area contributed by atoms with E-state index in [1.165, 1.54) is 0 Å². The highest BCUT2D eigenvalue weighted by Crippen LogP contribution is 2.28. The number of hydrogen-bond acceptors (Lipinski definition) is 3. The fraction of sp³-hybridized carbons (Fsp3) is 0.350. The largest absolute Gasteiger partial charge is 0.339 e. The summed E-state index contributed by atoms with van der Waals surface area (Å²) in [7, 11) is 1.98. The van der Waals surface area contributed by atoms with E-state index in [0.717, 1.165) is 48.6 Å². The Morgan fingerprint density at radius 2 is 1.88 bits per heavy atom. The van der Waals surface area contributed by atoms with Crippen LogP contribution in [0, 0.1) is 6.92 Å². The van der Waals surface area contributed by atoms with E-state index in [9.17, 15) is 4.79 Å². The molecule has 0 atom stereocenters. The summed E-state index contributed by atoms with van der Waals surface area (Å²) in [6, 6.07) is 10.0. The molecule has 0 unspecified atom stereocenters. The minimum atomic E-state index is 0.105. The predicted octanol–water partition coefficient (Wildman–Crippen LogP) is 2.93. The molecule has 0 aliphatic carbocycles. The van der Waals surface area contributed by atoms with Crippen LogP contribution in [0.1, 0.15) is 40.5 Å². The molecule has 0 spiro atoms. The van der Waals surface area contributed by atoms with Gasteiger partial charge in [-0.05, 0) is 44.0 Å². The van der Waals surface area contributed by atoms with Gasteiger partial charge in [0.1, 0.15) is 12.2 Å². The lowest BCUT2D eigenvalue weighted by atomic mass is 9.95. The molecule has 1 saturated heterocycles. The van der Waals surface area contributed by atoms with Crippen molar-refractivity contribution in [2.24, 2.45) is 7.05 Å². The summed E-state index contributed by atoms with van der Waals surface area (Å²) >= 11 is 0. The summed E-state index contributed by atoms with van der Waals surface area (Å²) in [6.45, 7) is 3.52. The van der Waals surface area contributed by atoms with Gasteiger partial charge >= 0.3 is 0 Å². The Morgan fingerprint density at radius 1 is 1.15 bits per heavy atom. The molecule has 6 nitrogen and oxygen atoms in total. The van der Waals surface area contributed by atoms with Crippen LogP contribution in [0.5, 0.6) is 0 Å². The predicted molar refractivity (Wildman–Crippen MR) is 99.4 cm³/mol. The smallest absolute Gasteiger partial charge is 0.255 e. The second-order valence-corrected chi connectivity index (χ2v) is 6.98. The summed E-state index contributed by atoms with van der Waals surface area (Å²) in [5.74, 6) is 1.49. The van der Waals surface area contributed by atoms with Crippen molar-refractivity contribution < 1.29 is 4.79 Å². The van der Waals surface area contributed by atoms with Gasteiger partial charge in [0, 0.05) is 38.4 Å². The van der Waals surface area contributed by atoms with Crippen molar-refractivity contribution in [1.82, 2.24) is 24.2 Å². The Bertz CT molecular complexity index is 904. The third kappa shape index (κ3) is 3.03. The average molecular weight is 349 g/mol. The van der Waals surface area contributed by atoms with Crippen LogP contribution in [0.3, 0.4) is 0 Å². The van der Waals surface area contributed by atoms with Crippen molar-refractivity contribution in [3.63, 3.8) is 0 Å². The molecule has 1 aliphatic heterocycles. The summed E-state index contributed by atoms with van der Waals surface area (Å²) < 4.78 is 3.98. The zero-order valence-electron chi connectivity index (χ0n) is 15.2. The number of piperidine rings is 1. The number of likely N-dealkylation sites (tertiary alicyclic amines) is 1. The Balaban J connectivity index is 1.54. The molecule has 0 saturated carbocycles. The fourth-order valence-corrected chi connectivity index (χ4v) is 3.71. The second kappa shape index (κ2) is 6.78. The van der Waals surface area contributed by atoms with Gasteiger partial charge in [-0.15, -0.1) is 10.2 Å². The van der Waals surface area contributed by atoms with E-state index >= 15 is 0 Å². The Labute approximate surface area is 153 Å². The average Bonchev–Trinajstić information content (AvgIpc) is 3.33. The Morgan fingerprint density at radius 3 is 2.54 bits per heavy atom. The van der Waals surface area contributed by atoms with Gasteiger partial charge in [0.15, 0.2) is 0 Å². The fourth-order valence-electron chi connectivity index (χ4n) is 3.71. The van der Waals surface area contributed by atoms with E-state index in [-0.39, 0.29) is 5.91 Å². The second-order valence-electron chi connectivity index (χ2n) is 6.98. The highest BCUT2D eigenvalue weighted by Gasteiger charge is 2.28. The summed E-state index contributed by atoms with van der Waals surface area (Å²) in [5, 5.41) is 8.21. The molecule has 3 heterocycles. The molecule has 1 amide bonds. The lowest BCUT2D eigenvalue weighted by Gasteiger charge is -2.32. The van der Waals surface area contributed by atoms with Crippen LogP contribution in [0.4, 0.5) is 0 Å². The quantitative estimate of drug-likeness (QED) is 0.730. The molecule has 134 valence electrons. The molecular formula is C20H23N5O. The van der Waals surface area contributed by atoms with Crippen molar-refractivity contribution in [3.8, 4) is 5.69 Å². The number of nitrogens with zero attached hydrogens (tertiary/aromatic N) is 5. The van der Waals surface area contributed by atoms with Crippen molar-refractivity contribution in [2.75, 3.05) is 13.1 Å². The van der Waals surface area contributed by atoms with Crippen molar-refractivity contribution in [2.45, 2.75) is 25.7 Å². The van der Waals surface area contributed by atoms with Gasteiger partial charge in [0.05, 0.1) is 11.3 Å². The first-order valence-electron chi connectivity index (χ1n) is 9.00. The SMILES string of the molecule is Cc1ccc(-n2cccc2)c(C(=O)N2CCC(c3nncn3C)CC2)c1. The van der Waals surface area contributed by atoms with E-state index in [4.69, 9.17) is 0 Å². The van der Waals surface area contributed by atoms with Crippen LogP contribution in [-0.2, 0) is 7.05 Å². The first-order valence-corrected chi connectivity index (χ1v) is 9.00. The van der Waals surface area contributed by atoms with Crippen LogP contribution in [0.15, 0.2) is 49.1 Å². The number of aryl methyl sites for hydroxylation is 2. The van der Waals surface area contributed by atoms with E-state index in [1.54, 1.807) is 6.33 Å². The Hall–Kier alpha value is -2.89. The molecule has 0 bridgehead atoms. The topological polar surface area (TPSA) is 56.0 Å². The number of carbonyl (C=O) groups is 1. The van der Waals surface area contributed by atoms with Crippen molar-refractivity contribution in [3.05, 3.63) is 66.0 Å². The number of benzene rings is 1. The van der Waals surface area contributed by atoms with Crippen LogP contribution < -0.4 is 0 Å². The molecule has 0 N–H and O–H groups in total. The monoisotopic (exact) mass is 349 g/mol. The first-order chi connectivity index (χ1) is 12.6. The standard InChI is InChI=1S/C20H23N5O/c1-15-5-6-18(24-9-3-4-10-24)17(13-15)20(26)25-11-7-16(8-12-25)19-22-21-14-23(19)2/h3-6,9-10,13-14,16H,7-8,11-12H2,1-2H3. The lowest BCUT2D eigenvalue weighted by molar-refractivity contribution is 0.0710. The molecule has 1 aromatic carbocycles. The van der Waals surface area contributed by atoms with Crippen LogP contribution in [0.2, 0.25) is 0 Å². The van der Waals surface area contributed by atoms with Gasteiger partial charge in [-0.25, -0.2) is 0 Å². The highest BCUT2D eigenvalue weighted by molar-refractivity contribution is 5.98. The normalized spacial score (nSPS) is 15.4.